The van der Waals surface area contributed by atoms with E-state index in [0.717, 1.165) is 19.3 Å². The van der Waals surface area contributed by atoms with Crippen molar-refractivity contribution in [3.63, 3.8) is 0 Å². The van der Waals surface area contributed by atoms with Crippen LogP contribution in [0.1, 0.15) is 43.4 Å². The first-order valence-electron chi connectivity index (χ1n) is 7.73. The summed E-state index contributed by atoms with van der Waals surface area (Å²) >= 11 is 0. The zero-order valence-electron chi connectivity index (χ0n) is 12.4. The lowest BCUT2D eigenvalue weighted by Gasteiger charge is -2.14. The van der Waals surface area contributed by atoms with Crippen molar-refractivity contribution in [3.8, 4) is 11.1 Å². The number of benzene rings is 2. The van der Waals surface area contributed by atoms with Crippen LogP contribution in [0.5, 0.6) is 0 Å². The van der Waals surface area contributed by atoms with Crippen LogP contribution in [0.15, 0.2) is 48.0 Å². The maximum Gasteiger partial charge on any atom is -0.00577 e. The van der Waals surface area contributed by atoms with Crippen molar-refractivity contribution in [2.24, 2.45) is 0 Å². The molecule has 2 aromatic rings. The normalized spacial score (nSPS) is 13.2. The van der Waals surface area contributed by atoms with Gasteiger partial charge in [-0.05, 0) is 47.1 Å². The first-order chi connectivity index (χ1) is 9.83. The summed E-state index contributed by atoms with van der Waals surface area (Å²) in [6.07, 6.45) is 7.08. The molecule has 0 heteroatoms. The molecule has 0 spiro atoms. The van der Waals surface area contributed by atoms with Crippen molar-refractivity contribution in [1.29, 1.82) is 0 Å². The number of fused-ring (bicyclic) bond motifs is 1. The Balaban J connectivity index is 2.19. The molecule has 1 aliphatic carbocycles. The summed E-state index contributed by atoms with van der Waals surface area (Å²) in [5.41, 5.74) is 8.85. The van der Waals surface area contributed by atoms with Crippen LogP contribution in [0.3, 0.4) is 0 Å². The van der Waals surface area contributed by atoms with Gasteiger partial charge >= 0.3 is 0 Å². The van der Waals surface area contributed by atoms with Crippen LogP contribution in [0.4, 0.5) is 0 Å². The SMILES string of the molecule is CCCc1ccc2c(c1-c1ccccc1)C=C(CC)C2. The molecule has 0 saturated heterocycles. The van der Waals surface area contributed by atoms with E-state index in [1.54, 1.807) is 5.57 Å². The molecule has 0 heterocycles. The van der Waals surface area contributed by atoms with Gasteiger partial charge in [-0.3, -0.25) is 0 Å². The molecule has 0 atom stereocenters. The predicted octanol–water partition coefficient (Wildman–Crippen LogP) is 5.66. The van der Waals surface area contributed by atoms with Gasteiger partial charge in [0, 0.05) is 0 Å². The van der Waals surface area contributed by atoms with E-state index in [1.165, 1.54) is 34.2 Å². The fraction of sp³-hybridized carbons (Fsp3) is 0.300. The molecule has 0 aromatic heterocycles. The van der Waals surface area contributed by atoms with Gasteiger partial charge in [0.2, 0.25) is 0 Å². The van der Waals surface area contributed by atoms with Gasteiger partial charge in [0.1, 0.15) is 0 Å². The van der Waals surface area contributed by atoms with E-state index in [-0.39, 0.29) is 0 Å². The van der Waals surface area contributed by atoms with Gasteiger partial charge in [-0.25, -0.2) is 0 Å². The molecule has 0 saturated carbocycles. The topological polar surface area (TPSA) is 0 Å². The molecule has 0 radical (unpaired) electrons. The van der Waals surface area contributed by atoms with Crippen LogP contribution in [-0.4, -0.2) is 0 Å². The molecule has 0 fully saturated rings. The highest BCUT2D eigenvalue weighted by molar-refractivity contribution is 5.83. The van der Waals surface area contributed by atoms with Crippen molar-refractivity contribution in [3.05, 3.63) is 64.7 Å². The Hall–Kier alpha value is -1.82. The first-order valence-corrected chi connectivity index (χ1v) is 7.73. The third-order valence-corrected chi connectivity index (χ3v) is 4.22. The van der Waals surface area contributed by atoms with Gasteiger partial charge in [-0.15, -0.1) is 0 Å². The maximum absolute atomic E-state index is 2.43. The van der Waals surface area contributed by atoms with Gasteiger partial charge in [0.25, 0.3) is 0 Å². The Labute approximate surface area is 122 Å². The minimum Gasteiger partial charge on any atom is -0.0655 e. The number of aryl methyl sites for hydroxylation is 1. The largest absolute Gasteiger partial charge is 0.0655 e. The summed E-state index contributed by atoms with van der Waals surface area (Å²) < 4.78 is 0. The van der Waals surface area contributed by atoms with Crippen molar-refractivity contribution in [1.82, 2.24) is 0 Å². The van der Waals surface area contributed by atoms with Crippen LogP contribution in [0.2, 0.25) is 0 Å². The van der Waals surface area contributed by atoms with Crippen molar-refractivity contribution >= 4 is 6.08 Å². The minimum atomic E-state index is 1.14. The Kier molecular flexibility index (Phi) is 3.73. The molecule has 0 bridgehead atoms. The van der Waals surface area contributed by atoms with Crippen molar-refractivity contribution < 1.29 is 0 Å². The van der Waals surface area contributed by atoms with Crippen LogP contribution in [-0.2, 0) is 12.8 Å². The number of allylic oxidation sites excluding steroid dienone is 1. The Morgan fingerprint density at radius 3 is 2.45 bits per heavy atom. The molecule has 0 nitrogen and oxygen atoms in total. The second-order valence-electron chi connectivity index (χ2n) is 5.62. The van der Waals surface area contributed by atoms with Crippen molar-refractivity contribution in [2.45, 2.75) is 39.5 Å². The Bertz CT molecular complexity index is 633. The van der Waals surface area contributed by atoms with Gasteiger partial charge in [-0.2, -0.15) is 0 Å². The third kappa shape index (κ3) is 2.31. The van der Waals surface area contributed by atoms with E-state index in [1.807, 2.05) is 0 Å². The smallest absolute Gasteiger partial charge is 0.00577 e. The predicted molar refractivity (Wildman–Crippen MR) is 87.8 cm³/mol. The van der Waals surface area contributed by atoms with Crippen LogP contribution >= 0.6 is 0 Å². The fourth-order valence-corrected chi connectivity index (χ4v) is 3.18. The second kappa shape index (κ2) is 5.66. The zero-order valence-corrected chi connectivity index (χ0v) is 12.4. The first kappa shape index (κ1) is 13.2. The van der Waals surface area contributed by atoms with Crippen LogP contribution < -0.4 is 0 Å². The van der Waals surface area contributed by atoms with E-state index in [0.29, 0.717) is 0 Å². The van der Waals surface area contributed by atoms with E-state index in [2.05, 4.69) is 62.4 Å². The molecule has 0 amide bonds. The molecule has 3 rings (SSSR count). The van der Waals surface area contributed by atoms with Crippen LogP contribution in [0, 0.1) is 0 Å². The van der Waals surface area contributed by atoms with E-state index in [9.17, 15) is 0 Å². The summed E-state index contributed by atoms with van der Waals surface area (Å²) in [4.78, 5) is 0. The summed E-state index contributed by atoms with van der Waals surface area (Å²) in [6.45, 7) is 4.52. The van der Waals surface area contributed by atoms with Gasteiger partial charge in [-0.1, -0.05) is 74.4 Å². The van der Waals surface area contributed by atoms with Crippen molar-refractivity contribution in [2.75, 3.05) is 0 Å². The monoisotopic (exact) mass is 262 g/mol. The molecular formula is C20H22. The molecule has 1 aliphatic rings. The quantitative estimate of drug-likeness (QED) is 0.667. The highest BCUT2D eigenvalue weighted by atomic mass is 14.2. The lowest BCUT2D eigenvalue weighted by molar-refractivity contribution is 0.922. The molecule has 0 aliphatic heterocycles. The van der Waals surface area contributed by atoms with E-state index < -0.39 is 0 Å². The summed E-state index contributed by atoms with van der Waals surface area (Å²) in [6, 6.07) is 15.6. The Morgan fingerprint density at radius 2 is 1.75 bits per heavy atom. The van der Waals surface area contributed by atoms with Crippen LogP contribution in [0.25, 0.3) is 17.2 Å². The zero-order chi connectivity index (χ0) is 13.9. The highest BCUT2D eigenvalue weighted by Crippen LogP contribution is 2.37. The fourth-order valence-electron chi connectivity index (χ4n) is 3.18. The molecule has 0 unspecified atom stereocenters. The highest BCUT2D eigenvalue weighted by Gasteiger charge is 2.18. The summed E-state index contributed by atoms with van der Waals surface area (Å²) in [5, 5.41) is 0. The number of rotatable bonds is 4. The van der Waals surface area contributed by atoms with E-state index in [4.69, 9.17) is 0 Å². The standard InChI is InChI=1S/C20H22/c1-3-8-16-11-12-18-13-15(4-2)14-19(18)20(16)17-9-6-5-7-10-17/h5-7,9-12,14H,3-4,8,13H2,1-2H3. The van der Waals surface area contributed by atoms with Gasteiger partial charge in [0.15, 0.2) is 0 Å². The second-order valence-corrected chi connectivity index (χ2v) is 5.62. The number of hydrogen-bond donors (Lipinski definition) is 0. The summed E-state index contributed by atoms with van der Waals surface area (Å²) in [7, 11) is 0. The maximum atomic E-state index is 2.43. The molecule has 2 aromatic carbocycles. The lowest BCUT2D eigenvalue weighted by Crippen LogP contribution is -1.95. The van der Waals surface area contributed by atoms with Gasteiger partial charge in [0.05, 0.1) is 0 Å². The molecule has 102 valence electrons. The number of hydrogen-bond acceptors (Lipinski definition) is 0. The lowest BCUT2D eigenvalue weighted by atomic mass is 9.90. The Morgan fingerprint density at radius 1 is 0.950 bits per heavy atom. The molecule has 20 heavy (non-hydrogen) atoms. The minimum absolute atomic E-state index is 1.14. The van der Waals surface area contributed by atoms with E-state index >= 15 is 0 Å². The third-order valence-electron chi connectivity index (χ3n) is 4.22. The van der Waals surface area contributed by atoms with Gasteiger partial charge < -0.3 is 0 Å². The molecule has 0 N–H and O–H groups in total. The average Bonchev–Trinajstić information content (AvgIpc) is 2.91. The summed E-state index contributed by atoms with van der Waals surface area (Å²) in [5.74, 6) is 0. The average molecular weight is 262 g/mol. The molecular weight excluding hydrogens is 240 g/mol.